The van der Waals surface area contributed by atoms with E-state index in [1.807, 2.05) is 0 Å². The molecule has 0 radical (unpaired) electrons. The maximum Gasteiger partial charge on any atom is 0.326 e. The van der Waals surface area contributed by atoms with Gasteiger partial charge in [-0.25, -0.2) is 8.78 Å². The maximum atomic E-state index is 13.7. The van der Waals surface area contributed by atoms with Crippen molar-refractivity contribution < 1.29 is 18.3 Å². The van der Waals surface area contributed by atoms with Crippen molar-refractivity contribution in [1.29, 1.82) is 0 Å². The first-order chi connectivity index (χ1) is 10.0. The standard InChI is InChI=1S/C15H19F2NO2S/c1-3-20-14(19)15(18-2)7-6-11(9-15)21-13-5-4-10(16)8-12(13)17/h4-5,8,11,18H,3,6-7,9H2,1-2H3. The number of nitrogens with one attached hydrogen (secondary N) is 1. The number of carbonyl (C=O) groups is 1. The van der Waals surface area contributed by atoms with Crippen LogP contribution < -0.4 is 5.32 Å². The van der Waals surface area contributed by atoms with Crippen LogP contribution in [-0.2, 0) is 9.53 Å². The number of halogens is 2. The van der Waals surface area contributed by atoms with Gasteiger partial charge in [0.25, 0.3) is 0 Å². The molecule has 21 heavy (non-hydrogen) atoms. The number of esters is 1. The lowest BCUT2D eigenvalue weighted by atomic mass is 9.98. The van der Waals surface area contributed by atoms with Crippen LogP contribution in [0.1, 0.15) is 26.2 Å². The predicted molar refractivity (Wildman–Crippen MR) is 78.3 cm³/mol. The monoisotopic (exact) mass is 315 g/mol. The van der Waals surface area contributed by atoms with Crippen LogP contribution in [0.2, 0.25) is 0 Å². The van der Waals surface area contributed by atoms with E-state index in [1.165, 1.54) is 23.9 Å². The Morgan fingerprint density at radius 3 is 2.90 bits per heavy atom. The summed E-state index contributed by atoms with van der Waals surface area (Å²) in [6.45, 7) is 2.11. The summed E-state index contributed by atoms with van der Waals surface area (Å²) in [6, 6.07) is 3.57. The summed E-state index contributed by atoms with van der Waals surface area (Å²) in [6.07, 6.45) is 2.01. The van der Waals surface area contributed by atoms with Crippen LogP contribution >= 0.6 is 11.8 Å². The van der Waals surface area contributed by atoms with E-state index in [2.05, 4.69) is 5.32 Å². The van der Waals surface area contributed by atoms with Gasteiger partial charge >= 0.3 is 5.97 Å². The molecule has 3 nitrogen and oxygen atoms in total. The molecule has 1 aliphatic carbocycles. The summed E-state index contributed by atoms with van der Waals surface area (Å²) in [5.41, 5.74) is -0.690. The van der Waals surface area contributed by atoms with Crippen molar-refractivity contribution >= 4 is 17.7 Å². The molecule has 0 saturated heterocycles. The van der Waals surface area contributed by atoms with Gasteiger partial charge in [0.15, 0.2) is 0 Å². The van der Waals surface area contributed by atoms with Crippen LogP contribution in [-0.4, -0.2) is 30.4 Å². The largest absolute Gasteiger partial charge is 0.465 e. The lowest BCUT2D eigenvalue weighted by molar-refractivity contribution is -0.150. The molecule has 2 unspecified atom stereocenters. The van der Waals surface area contributed by atoms with Crippen molar-refractivity contribution in [3.63, 3.8) is 0 Å². The second-order valence-electron chi connectivity index (χ2n) is 5.11. The highest BCUT2D eigenvalue weighted by Crippen LogP contribution is 2.41. The lowest BCUT2D eigenvalue weighted by Gasteiger charge is -2.26. The Hall–Kier alpha value is -1.14. The molecule has 1 saturated carbocycles. The first-order valence-corrected chi connectivity index (χ1v) is 7.86. The zero-order chi connectivity index (χ0) is 15.5. The molecule has 6 heteroatoms. The SMILES string of the molecule is CCOC(=O)C1(NC)CCC(Sc2ccc(F)cc2F)C1. The number of hydrogen-bond donors (Lipinski definition) is 1. The van der Waals surface area contributed by atoms with E-state index < -0.39 is 17.2 Å². The van der Waals surface area contributed by atoms with Gasteiger partial charge in [-0.2, -0.15) is 0 Å². The zero-order valence-corrected chi connectivity index (χ0v) is 12.9. The Morgan fingerprint density at radius 2 is 2.29 bits per heavy atom. The molecule has 116 valence electrons. The molecular formula is C15H19F2NO2S. The average molecular weight is 315 g/mol. The fraction of sp³-hybridized carbons (Fsp3) is 0.533. The van der Waals surface area contributed by atoms with Crippen LogP contribution in [0.25, 0.3) is 0 Å². The van der Waals surface area contributed by atoms with Crippen molar-refractivity contribution in [2.45, 2.75) is 41.9 Å². The molecule has 0 bridgehead atoms. The summed E-state index contributed by atoms with van der Waals surface area (Å²) >= 11 is 1.35. The van der Waals surface area contributed by atoms with Gasteiger partial charge in [-0.15, -0.1) is 11.8 Å². The molecule has 2 rings (SSSR count). The van der Waals surface area contributed by atoms with E-state index in [-0.39, 0.29) is 11.2 Å². The fourth-order valence-electron chi connectivity index (χ4n) is 2.63. The summed E-state index contributed by atoms with van der Waals surface area (Å²) in [7, 11) is 1.74. The number of ether oxygens (including phenoxy) is 1. The number of rotatable bonds is 5. The average Bonchev–Trinajstić information content (AvgIpc) is 2.87. The third-order valence-corrected chi connectivity index (χ3v) is 5.12. The Labute approximate surface area is 127 Å². The Kier molecular flexibility index (Phi) is 5.22. The quantitative estimate of drug-likeness (QED) is 0.847. The maximum absolute atomic E-state index is 13.7. The molecule has 0 aromatic heterocycles. The predicted octanol–water partition coefficient (Wildman–Crippen LogP) is 3.13. The minimum atomic E-state index is -0.690. The minimum Gasteiger partial charge on any atom is -0.465 e. The molecule has 0 spiro atoms. The highest BCUT2D eigenvalue weighted by atomic mass is 32.2. The van der Waals surface area contributed by atoms with Gasteiger partial charge in [0.1, 0.15) is 17.2 Å². The van der Waals surface area contributed by atoms with Gasteiger partial charge in [0, 0.05) is 16.2 Å². The number of thioether (sulfide) groups is 1. The van der Waals surface area contributed by atoms with Gasteiger partial charge in [0.2, 0.25) is 0 Å². The van der Waals surface area contributed by atoms with Gasteiger partial charge in [-0.3, -0.25) is 4.79 Å². The van der Waals surface area contributed by atoms with Crippen LogP contribution in [0.3, 0.4) is 0 Å². The summed E-state index contributed by atoms with van der Waals surface area (Å²) in [4.78, 5) is 12.5. The molecule has 1 aliphatic rings. The molecule has 1 N–H and O–H groups in total. The fourth-order valence-corrected chi connectivity index (χ4v) is 3.92. The highest BCUT2D eigenvalue weighted by Gasteiger charge is 2.45. The van der Waals surface area contributed by atoms with E-state index in [0.717, 1.165) is 12.5 Å². The Balaban J connectivity index is 2.06. The number of hydrogen-bond acceptors (Lipinski definition) is 4. The second-order valence-corrected chi connectivity index (χ2v) is 6.45. The first kappa shape index (κ1) is 16.2. The van der Waals surface area contributed by atoms with Gasteiger partial charge < -0.3 is 10.1 Å². The van der Waals surface area contributed by atoms with Gasteiger partial charge in [-0.1, -0.05) is 0 Å². The van der Waals surface area contributed by atoms with E-state index in [9.17, 15) is 13.6 Å². The molecule has 0 heterocycles. The van der Waals surface area contributed by atoms with Crippen molar-refractivity contribution in [2.24, 2.45) is 0 Å². The summed E-state index contributed by atoms with van der Waals surface area (Å²) in [5, 5.41) is 3.16. The van der Waals surface area contributed by atoms with Gasteiger partial charge in [0.05, 0.1) is 6.61 Å². The van der Waals surface area contributed by atoms with Crippen molar-refractivity contribution in [3.05, 3.63) is 29.8 Å². The van der Waals surface area contributed by atoms with Crippen molar-refractivity contribution in [2.75, 3.05) is 13.7 Å². The zero-order valence-electron chi connectivity index (χ0n) is 12.1. The van der Waals surface area contributed by atoms with Crippen molar-refractivity contribution in [3.8, 4) is 0 Å². The lowest BCUT2D eigenvalue weighted by Crippen LogP contribution is -2.49. The first-order valence-electron chi connectivity index (χ1n) is 6.98. The number of carbonyl (C=O) groups excluding carboxylic acids is 1. The Bertz CT molecular complexity index is 526. The third-order valence-electron chi connectivity index (χ3n) is 3.80. The highest BCUT2D eigenvalue weighted by molar-refractivity contribution is 8.00. The molecule has 1 fully saturated rings. The molecule has 1 aromatic rings. The molecular weight excluding hydrogens is 296 g/mol. The smallest absolute Gasteiger partial charge is 0.326 e. The summed E-state index contributed by atoms with van der Waals surface area (Å²) < 4.78 is 31.7. The third kappa shape index (κ3) is 3.55. The van der Waals surface area contributed by atoms with Crippen molar-refractivity contribution in [1.82, 2.24) is 5.32 Å². The van der Waals surface area contributed by atoms with E-state index in [4.69, 9.17) is 4.74 Å². The molecule has 2 atom stereocenters. The van der Waals surface area contributed by atoms with Crippen LogP contribution in [0.4, 0.5) is 8.78 Å². The molecule has 1 aromatic carbocycles. The van der Waals surface area contributed by atoms with Gasteiger partial charge in [-0.05, 0) is 45.4 Å². The van der Waals surface area contributed by atoms with Crippen LogP contribution in [0, 0.1) is 11.6 Å². The van der Waals surface area contributed by atoms with E-state index in [0.29, 0.717) is 24.3 Å². The molecule has 0 aliphatic heterocycles. The topological polar surface area (TPSA) is 38.3 Å². The minimum absolute atomic E-state index is 0.0989. The van der Waals surface area contributed by atoms with E-state index in [1.54, 1.807) is 14.0 Å². The summed E-state index contributed by atoms with van der Waals surface area (Å²) in [5.74, 6) is -1.40. The van der Waals surface area contributed by atoms with Crippen LogP contribution in [0.15, 0.2) is 23.1 Å². The number of benzene rings is 1. The Morgan fingerprint density at radius 1 is 1.52 bits per heavy atom. The second kappa shape index (κ2) is 6.75. The van der Waals surface area contributed by atoms with E-state index >= 15 is 0 Å². The molecule has 0 amide bonds. The normalized spacial score (nSPS) is 25.0. The number of likely N-dealkylation sites (N-methyl/N-ethyl adjacent to an activating group) is 1. The van der Waals surface area contributed by atoms with Crippen LogP contribution in [0.5, 0.6) is 0 Å².